The van der Waals surface area contributed by atoms with Crippen LogP contribution < -0.4 is 15.5 Å². The number of hydrogen-bond acceptors (Lipinski definition) is 5. The molecule has 0 atom stereocenters. The van der Waals surface area contributed by atoms with Crippen LogP contribution >= 0.6 is 24.8 Å². The van der Waals surface area contributed by atoms with E-state index >= 15 is 0 Å². The minimum atomic E-state index is -0.488. The van der Waals surface area contributed by atoms with Gasteiger partial charge in [0.05, 0.1) is 5.69 Å². The van der Waals surface area contributed by atoms with Gasteiger partial charge in [0, 0.05) is 54.9 Å². The van der Waals surface area contributed by atoms with Gasteiger partial charge >= 0.3 is 0 Å². The minimum absolute atomic E-state index is 0. The molecule has 0 spiro atoms. The zero-order chi connectivity index (χ0) is 20.2. The summed E-state index contributed by atoms with van der Waals surface area (Å²) in [5, 5.41) is 6.16. The molecule has 0 unspecified atom stereocenters. The van der Waals surface area contributed by atoms with E-state index in [4.69, 9.17) is 0 Å². The number of hydrogen-bond donors (Lipinski definition) is 2. The number of nitrogens with one attached hydrogen (secondary N) is 2. The van der Waals surface area contributed by atoms with Gasteiger partial charge in [-0.25, -0.2) is 14.4 Å². The molecule has 2 aromatic carbocycles. The van der Waals surface area contributed by atoms with Crippen molar-refractivity contribution in [3.05, 3.63) is 71.9 Å². The van der Waals surface area contributed by atoms with Gasteiger partial charge in [0.2, 0.25) is 0 Å². The van der Waals surface area contributed by atoms with Crippen molar-refractivity contribution in [2.45, 2.75) is 6.92 Å². The van der Waals surface area contributed by atoms with Crippen molar-refractivity contribution in [1.29, 1.82) is 0 Å². The first-order valence-electron chi connectivity index (χ1n) is 9.56. The lowest BCUT2D eigenvalue weighted by molar-refractivity contribution is 0.102. The third-order valence-corrected chi connectivity index (χ3v) is 4.84. The molecule has 2 heterocycles. The predicted molar refractivity (Wildman–Crippen MR) is 126 cm³/mol. The van der Waals surface area contributed by atoms with E-state index in [-0.39, 0.29) is 36.3 Å². The number of carbonyl (C=O) groups is 1. The number of nitrogens with zero attached hydrogens (tertiary/aromatic N) is 3. The summed E-state index contributed by atoms with van der Waals surface area (Å²) in [6, 6.07) is 13.6. The maximum absolute atomic E-state index is 14.1. The smallest absolute Gasteiger partial charge is 0.255 e. The lowest BCUT2D eigenvalue weighted by atomic mass is 10.1. The summed E-state index contributed by atoms with van der Waals surface area (Å²) >= 11 is 0. The summed E-state index contributed by atoms with van der Waals surface area (Å²) in [5.41, 5.74) is 3.14. The summed E-state index contributed by atoms with van der Waals surface area (Å²) in [5.74, 6) is -0.272. The van der Waals surface area contributed by atoms with Crippen molar-refractivity contribution < 1.29 is 9.18 Å². The highest BCUT2D eigenvalue weighted by atomic mass is 35.5. The van der Waals surface area contributed by atoms with Crippen molar-refractivity contribution in [2.75, 3.05) is 36.4 Å². The van der Waals surface area contributed by atoms with Gasteiger partial charge in [-0.3, -0.25) is 4.79 Å². The summed E-state index contributed by atoms with van der Waals surface area (Å²) in [4.78, 5) is 23.3. The monoisotopic (exact) mass is 463 g/mol. The number of aromatic nitrogens is 2. The number of piperazine rings is 1. The van der Waals surface area contributed by atoms with Crippen molar-refractivity contribution in [3.8, 4) is 11.3 Å². The van der Waals surface area contributed by atoms with Crippen molar-refractivity contribution in [3.63, 3.8) is 0 Å². The molecule has 1 amide bonds. The first-order valence-corrected chi connectivity index (χ1v) is 9.56. The van der Waals surface area contributed by atoms with Crippen LogP contribution in [0.1, 0.15) is 16.2 Å². The molecule has 0 saturated carbocycles. The van der Waals surface area contributed by atoms with Gasteiger partial charge in [-0.2, -0.15) is 0 Å². The van der Waals surface area contributed by atoms with Crippen LogP contribution in [0, 0.1) is 12.7 Å². The van der Waals surface area contributed by atoms with E-state index in [9.17, 15) is 9.18 Å². The average molecular weight is 464 g/mol. The Bertz CT molecular complexity index is 1030. The predicted octanol–water partition coefficient (Wildman–Crippen LogP) is 4.10. The number of benzene rings is 2. The second-order valence-corrected chi connectivity index (χ2v) is 6.96. The Hall–Kier alpha value is -2.74. The quantitative estimate of drug-likeness (QED) is 0.609. The van der Waals surface area contributed by atoms with Crippen LogP contribution in [0.2, 0.25) is 0 Å². The third kappa shape index (κ3) is 6.13. The Balaban J connectivity index is 0.00000171. The molecule has 31 heavy (non-hydrogen) atoms. The van der Waals surface area contributed by atoms with Crippen molar-refractivity contribution in [1.82, 2.24) is 15.3 Å². The maximum atomic E-state index is 14.1. The Kier molecular flexibility index (Phi) is 8.74. The molecule has 1 aromatic heterocycles. The fraction of sp³-hybridized carbons (Fsp3) is 0.227. The highest BCUT2D eigenvalue weighted by Crippen LogP contribution is 2.22. The summed E-state index contributed by atoms with van der Waals surface area (Å²) in [7, 11) is 0. The fourth-order valence-electron chi connectivity index (χ4n) is 3.37. The highest BCUT2D eigenvalue weighted by molar-refractivity contribution is 6.05. The second-order valence-electron chi connectivity index (χ2n) is 6.96. The zero-order valence-electron chi connectivity index (χ0n) is 17.0. The van der Waals surface area contributed by atoms with Crippen LogP contribution in [-0.4, -0.2) is 42.1 Å². The lowest BCUT2D eigenvalue weighted by Gasteiger charge is -2.29. The second kappa shape index (κ2) is 11.0. The van der Waals surface area contributed by atoms with E-state index in [1.807, 2.05) is 24.3 Å². The first kappa shape index (κ1) is 24.5. The summed E-state index contributed by atoms with van der Waals surface area (Å²) in [6.07, 6.45) is 1.61. The van der Waals surface area contributed by atoms with Gasteiger partial charge in [-0.15, -0.1) is 24.8 Å². The number of carbonyl (C=O) groups excluding carboxylic acids is 1. The molecular weight excluding hydrogens is 440 g/mol. The molecule has 1 saturated heterocycles. The largest absolute Gasteiger partial charge is 0.369 e. The van der Waals surface area contributed by atoms with Gasteiger partial charge < -0.3 is 15.5 Å². The molecule has 6 nitrogen and oxygen atoms in total. The topological polar surface area (TPSA) is 70.2 Å². The van der Waals surface area contributed by atoms with Gasteiger partial charge in [0.15, 0.2) is 0 Å². The standard InChI is InChI=1S/C22H22FN5O.2ClH/c1-15-25-7-6-21(26-15)16-12-17(14-18(23)13-16)22(29)27-19-2-4-20(5-3-19)28-10-8-24-9-11-28;;/h2-7,12-14,24H,8-11H2,1H3,(H,27,29);2*1H. The van der Waals surface area contributed by atoms with Gasteiger partial charge in [-0.1, -0.05) is 0 Å². The number of halogens is 3. The molecule has 9 heteroatoms. The Morgan fingerprint density at radius 2 is 1.77 bits per heavy atom. The molecule has 3 aromatic rings. The van der Waals surface area contributed by atoms with Crippen LogP contribution in [0.3, 0.4) is 0 Å². The van der Waals surface area contributed by atoms with E-state index < -0.39 is 5.82 Å². The van der Waals surface area contributed by atoms with Crippen molar-refractivity contribution in [2.24, 2.45) is 0 Å². The molecule has 1 aliphatic rings. The number of anilines is 2. The SMILES string of the molecule is Cc1nccc(-c2cc(F)cc(C(=O)Nc3ccc(N4CCNCC4)cc3)c2)n1.Cl.Cl. The van der Waals surface area contributed by atoms with E-state index in [1.54, 1.807) is 25.3 Å². The Morgan fingerprint density at radius 3 is 2.45 bits per heavy atom. The van der Waals surface area contributed by atoms with Gasteiger partial charge in [-0.05, 0) is 55.5 Å². The average Bonchev–Trinajstić information content (AvgIpc) is 2.74. The van der Waals surface area contributed by atoms with Crippen LogP contribution in [-0.2, 0) is 0 Å². The van der Waals surface area contributed by atoms with Crippen LogP contribution in [0.25, 0.3) is 11.3 Å². The molecule has 164 valence electrons. The van der Waals surface area contributed by atoms with E-state index in [2.05, 4.69) is 25.5 Å². The number of aryl methyl sites for hydroxylation is 1. The number of rotatable bonds is 4. The molecule has 4 rings (SSSR count). The molecule has 2 N–H and O–H groups in total. The van der Waals surface area contributed by atoms with Crippen LogP contribution in [0.5, 0.6) is 0 Å². The molecule has 0 bridgehead atoms. The van der Waals surface area contributed by atoms with Gasteiger partial charge in [0.1, 0.15) is 11.6 Å². The Morgan fingerprint density at radius 1 is 1.06 bits per heavy atom. The number of amides is 1. The summed E-state index contributed by atoms with van der Waals surface area (Å²) in [6.45, 7) is 5.61. The molecule has 0 aliphatic carbocycles. The summed E-state index contributed by atoms with van der Waals surface area (Å²) < 4.78 is 14.1. The molecule has 0 radical (unpaired) electrons. The zero-order valence-corrected chi connectivity index (χ0v) is 18.6. The minimum Gasteiger partial charge on any atom is -0.369 e. The van der Waals surface area contributed by atoms with Crippen LogP contribution in [0.4, 0.5) is 15.8 Å². The van der Waals surface area contributed by atoms with E-state index in [0.717, 1.165) is 31.9 Å². The normalized spacial score (nSPS) is 13.0. The first-order chi connectivity index (χ1) is 14.1. The van der Waals surface area contributed by atoms with Gasteiger partial charge in [0.25, 0.3) is 5.91 Å². The van der Waals surface area contributed by atoms with E-state index in [1.165, 1.54) is 12.1 Å². The van der Waals surface area contributed by atoms with Crippen LogP contribution in [0.15, 0.2) is 54.7 Å². The Labute approximate surface area is 193 Å². The lowest BCUT2D eigenvalue weighted by Crippen LogP contribution is -2.43. The molecule has 1 fully saturated rings. The maximum Gasteiger partial charge on any atom is 0.255 e. The molecular formula is C22H24Cl2FN5O. The molecule has 1 aliphatic heterocycles. The van der Waals surface area contributed by atoms with Crippen molar-refractivity contribution >= 4 is 42.1 Å². The third-order valence-electron chi connectivity index (χ3n) is 4.84. The highest BCUT2D eigenvalue weighted by Gasteiger charge is 2.13. The fourth-order valence-corrected chi connectivity index (χ4v) is 3.37. The van der Waals surface area contributed by atoms with E-state index in [0.29, 0.717) is 22.8 Å².